The molecule has 2 aromatic rings. The Kier molecular flexibility index (Phi) is 3.26. The van der Waals surface area contributed by atoms with Crippen molar-refractivity contribution < 1.29 is 19.0 Å². The third kappa shape index (κ3) is 2.12. The van der Waals surface area contributed by atoms with Crippen molar-refractivity contribution in [3.05, 3.63) is 65.2 Å². The number of ether oxygens (including phenoxy) is 1. The lowest BCUT2D eigenvalue weighted by Gasteiger charge is -2.22. The molecule has 0 radical (unpaired) electrons. The lowest BCUT2D eigenvalue weighted by atomic mass is 9.90. The second-order valence-electron chi connectivity index (χ2n) is 5.21. The van der Waals surface area contributed by atoms with E-state index in [9.17, 15) is 9.90 Å². The van der Waals surface area contributed by atoms with E-state index in [1.54, 1.807) is 55.6 Å². The Balaban J connectivity index is 1.93. The maximum atomic E-state index is 15.1. The summed E-state index contributed by atoms with van der Waals surface area (Å²) < 4.78 is 20.2. The van der Waals surface area contributed by atoms with Crippen molar-refractivity contribution in [2.24, 2.45) is 0 Å². The number of hydrogen-bond acceptors (Lipinski definition) is 3. The van der Waals surface area contributed by atoms with Crippen LogP contribution in [0.2, 0.25) is 0 Å². The molecule has 0 bridgehead atoms. The summed E-state index contributed by atoms with van der Waals surface area (Å²) in [5, 5.41) is 10.2. The molecule has 3 nitrogen and oxygen atoms in total. The van der Waals surface area contributed by atoms with E-state index < -0.39 is 17.6 Å². The van der Waals surface area contributed by atoms with Crippen LogP contribution in [0.15, 0.2) is 48.5 Å². The van der Waals surface area contributed by atoms with Crippen LogP contribution in [0.4, 0.5) is 4.39 Å². The number of halogens is 1. The topological polar surface area (TPSA) is 46.5 Å². The van der Waals surface area contributed by atoms with Gasteiger partial charge in [-0.05, 0) is 23.3 Å². The summed E-state index contributed by atoms with van der Waals surface area (Å²) in [5.41, 5.74) is -1.05. The third-order valence-electron chi connectivity index (χ3n) is 3.93. The normalized spacial score (nSPS) is 24.0. The first-order chi connectivity index (χ1) is 10.1. The summed E-state index contributed by atoms with van der Waals surface area (Å²) in [6.45, 7) is 0. The first-order valence-corrected chi connectivity index (χ1v) is 6.70. The van der Waals surface area contributed by atoms with Crippen LogP contribution in [0.1, 0.15) is 27.6 Å². The number of Topliss-reactive ketones (excluding diaryl/α,β-unsaturated/α-hetero) is 1. The average Bonchev–Trinajstić information content (AvgIpc) is 2.71. The number of alkyl halides is 1. The van der Waals surface area contributed by atoms with E-state index in [1.165, 1.54) is 0 Å². The highest BCUT2D eigenvalue weighted by Crippen LogP contribution is 2.43. The van der Waals surface area contributed by atoms with Crippen molar-refractivity contribution >= 4 is 5.78 Å². The van der Waals surface area contributed by atoms with Crippen molar-refractivity contribution in [1.82, 2.24) is 0 Å². The molecule has 2 atom stereocenters. The number of aliphatic hydroxyl groups excluding tert-OH is 1. The molecule has 2 unspecified atom stereocenters. The molecule has 21 heavy (non-hydrogen) atoms. The molecule has 4 heteroatoms. The molecule has 0 saturated carbocycles. The van der Waals surface area contributed by atoms with Gasteiger partial charge in [0.2, 0.25) is 11.5 Å². The first kappa shape index (κ1) is 13.8. The van der Waals surface area contributed by atoms with Gasteiger partial charge in [0.1, 0.15) is 11.9 Å². The molecule has 3 rings (SSSR count). The Labute approximate surface area is 122 Å². The summed E-state index contributed by atoms with van der Waals surface area (Å²) in [6, 6.07) is 13.3. The minimum atomic E-state index is -2.31. The highest BCUT2D eigenvalue weighted by molar-refractivity contribution is 6.07. The number of ketones is 1. The van der Waals surface area contributed by atoms with Crippen LogP contribution < -0.4 is 4.74 Å². The predicted octanol–water partition coefficient (Wildman–Crippen LogP) is 2.88. The number of rotatable bonds is 3. The number of aliphatic hydroxyl groups is 1. The number of methoxy groups -OCH3 is 1. The van der Waals surface area contributed by atoms with E-state index in [4.69, 9.17) is 4.74 Å². The van der Waals surface area contributed by atoms with Crippen LogP contribution >= 0.6 is 0 Å². The van der Waals surface area contributed by atoms with Gasteiger partial charge in [-0.1, -0.05) is 36.4 Å². The van der Waals surface area contributed by atoms with E-state index in [-0.39, 0.29) is 12.0 Å². The average molecular weight is 286 g/mol. The van der Waals surface area contributed by atoms with Gasteiger partial charge >= 0.3 is 0 Å². The van der Waals surface area contributed by atoms with E-state index >= 15 is 4.39 Å². The third-order valence-corrected chi connectivity index (χ3v) is 3.93. The smallest absolute Gasteiger partial charge is 0.207 e. The minimum Gasteiger partial charge on any atom is -0.497 e. The van der Waals surface area contributed by atoms with Crippen molar-refractivity contribution in [3.8, 4) is 5.75 Å². The molecule has 2 aromatic carbocycles. The Morgan fingerprint density at radius 2 is 1.86 bits per heavy atom. The van der Waals surface area contributed by atoms with Gasteiger partial charge in [-0.15, -0.1) is 0 Å². The van der Waals surface area contributed by atoms with E-state index in [0.29, 0.717) is 16.9 Å². The summed E-state index contributed by atoms with van der Waals surface area (Å²) in [5.74, 6) is 0.00894. The fourth-order valence-electron chi connectivity index (χ4n) is 2.75. The second-order valence-corrected chi connectivity index (χ2v) is 5.21. The van der Waals surface area contributed by atoms with Crippen LogP contribution in [0.3, 0.4) is 0 Å². The second kappa shape index (κ2) is 4.97. The number of fused-ring (bicyclic) bond motifs is 1. The number of benzene rings is 2. The molecule has 0 spiro atoms. The zero-order valence-electron chi connectivity index (χ0n) is 11.5. The fourth-order valence-corrected chi connectivity index (χ4v) is 2.75. The molecule has 0 fully saturated rings. The molecule has 0 aromatic heterocycles. The van der Waals surface area contributed by atoms with Crippen LogP contribution in [-0.4, -0.2) is 23.7 Å². The molecular weight excluding hydrogens is 271 g/mol. The summed E-state index contributed by atoms with van der Waals surface area (Å²) >= 11 is 0. The standard InChI is InChI=1S/C17H15FO3/c1-21-12-8-6-11(7-9-12)10-17(18)15(19)13-4-2-3-5-14(13)16(17)20/h2-9,15,19H,10H2,1H3. The lowest BCUT2D eigenvalue weighted by Crippen LogP contribution is -2.36. The van der Waals surface area contributed by atoms with E-state index in [2.05, 4.69) is 0 Å². The van der Waals surface area contributed by atoms with Gasteiger partial charge in [-0.3, -0.25) is 4.79 Å². The van der Waals surface area contributed by atoms with Crippen molar-refractivity contribution in [2.45, 2.75) is 18.2 Å². The molecule has 0 amide bonds. The number of carbonyl (C=O) groups excluding carboxylic acids is 1. The van der Waals surface area contributed by atoms with Gasteiger partial charge < -0.3 is 9.84 Å². The zero-order chi connectivity index (χ0) is 15.0. The molecule has 1 aliphatic carbocycles. The molecule has 0 heterocycles. The van der Waals surface area contributed by atoms with Gasteiger partial charge in [-0.25, -0.2) is 4.39 Å². The van der Waals surface area contributed by atoms with Gasteiger partial charge in [0.15, 0.2) is 0 Å². The minimum absolute atomic E-state index is 0.161. The number of hydrogen-bond donors (Lipinski definition) is 1. The van der Waals surface area contributed by atoms with E-state index in [1.807, 2.05) is 0 Å². The maximum Gasteiger partial charge on any atom is 0.207 e. The SMILES string of the molecule is COc1ccc(CC2(F)C(=O)c3ccccc3C2O)cc1. The summed E-state index contributed by atoms with van der Waals surface area (Å²) in [4.78, 5) is 12.3. The highest BCUT2D eigenvalue weighted by atomic mass is 19.1. The Hall–Kier alpha value is -2.20. The fraction of sp³-hybridized carbons (Fsp3) is 0.235. The highest BCUT2D eigenvalue weighted by Gasteiger charge is 2.53. The Bertz CT molecular complexity index is 681. The molecule has 0 saturated heterocycles. The maximum absolute atomic E-state index is 15.1. The van der Waals surface area contributed by atoms with Crippen LogP contribution in [-0.2, 0) is 6.42 Å². The summed E-state index contributed by atoms with van der Waals surface area (Å²) in [6.07, 6.45) is -1.59. The van der Waals surface area contributed by atoms with Crippen LogP contribution in [0.25, 0.3) is 0 Å². The molecule has 1 N–H and O–H groups in total. The van der Waals surface area contributed by atoms with Gasteiger partial charge in [0.05, 0.1) is 7.11 Å². The molecular formula is C17H15FO3. The van der Waals surface area contributed by atoms with Gasteiger partial charge in [-0.2, -0.15) is 0 Å². The van der Waals surface area contributed by atoms with Crippen molar-refractivity contribution in [1.29, 1.82) is 0 Å². The predicted molar refractivity (Wildman–Crippen MR) is 76.3 cm³/mol. The Morgan fingerprint density at radius 3 is 2.48 bits per heavy atom. The molecule has 108 valence electrons. The monoisotopic (exact) mass is 286 g/mol. The van der Waals surface area contributed by atoms with Crippen LogP contribution in [0, 0.1) is 0 Å². The van der Waals surface area contributed by atoms with Crippen LogP contribution in [0.5, 0.6) is 5.75 Å². The molecule has 0 aliphatic heterocycles. The largest absolute Gasteiger partial charge is 0.497 e. The van der Waals surface area contributed by atoms with E-state index in [0.717, 1.165) is 0 Å². The quantitative estimate of drug-likeness (QED) is 0.943. The van der Waals surface area contributed by atoms with Crippen molar-refractivity contribution in [2.75, 3.05) is 7.11 Å². The van der Waals surface area contributed by atoms with Gasteiger partial charge in [0.25, 0.3) is 0 Å². The van der Waals surface area contributed by atoms with Gasteiger partial charge in [0, 0.05) is 12.0 Å². The summed E-state index contributed by atoms with van der Waals surface area (Å²) in [7, 11) is 1.55. The molecule has 1 aliphatic rings. The zero-order valence-corrected chi connectivity index (χ0v) is 11.5. The lowest BCUT2D eigenvalue weighted by molar-refractivity contribution is 0.0100. The number of carbonyl (C=O) groups is 1. The van der Waals surface area contributed by atoms with Crippen molar-refractivity contribution in [3.63, 3.8) is 0 Å². The Morgan fingerprint density at radius 1 is 1.19 bits per heavy atom. The first-order valence-electron chi connectivity index (χ1n) is 6.70.